The van der Waals surface area contributed by atoms with Gasteiger partial charge in [0, 0.05) is 40.6 Å². The Morgan fingerprint density at radius 3 is 2.31 bits per heavy atom. The van der Waals surface area contributed by atoms with Gasteiger partial charge in [0.2, 0.25) is 0 Å². The van der Waals surface area contributed by atoms with Crippen LogP contribution >= 0.6 is 11.8 Å². The molecule has 1 amide bonds. The van der Waals surface area contributed by atoms with Crippen molar-refractivity contribution < 1.29 is 24.1 Å². The summed E-state index contributed by atoms with van der Waals surface area (Å²) in [7, 11) is 0. The molecule has 4 aromatic rings. The maximum absolute atomic E-state index is 12.5. The van der Waals surface area contributed by atoms with Gasteiger partial charge in [-0.05, 0) is 41.5 Å². The van der Waals surface area contributed by atoms with Gasteiger partial charge < -0.3 is 25.1 Å². The summed E-state index contributed by atoms with van der Waals surface area (Å²) in [6.45, 7) is 2.07. The van der Waals surface area contributed by atoms with Crippen LogP contribution < -0.4 is 10.0 Å². The van der Waals surface area contributed by atoms with E-state index in [-0.39, 0.29) is 30.6 Å². The monoisotopic (exact) mass is 542 g/mol. The molecule has 2 N–H and O–H groups in total. The molecular formula is C31H30N2O5S. The van der Waals surface area contributed by atoms with Crippen LogP contribution in [0.3, 0.4) is 0 Å². The van der Waals surface area contributed by atoms with Crippen LogP contribution in [0.15, 0.2) is 108 Å². The van der Waals surface area contributed by atoms with Crippen molar-refractivity contribution in [3.05, 3.63) is 131 Å². The van der Waals surface area contributed by atoms with Crippen molar-refractivity contribution in [1.29, 1.82) is 0 Å². The van der Waals surface area contributed by atoms with Gasteiger partial charge in [-0.25, -0.2) is 0 Å². The number of anilines is 1. The number of carbonyl (C=O) groups excluding carboxylic acids is 1. The smallest absolute Gasteiger partial charge is 0.255 e. The Bertz CT molecular complexity index is 1380. The molecule has 0 spiro atoms. The third-order valence-electron chi connectivity index (χ3n) is 6.78. The van der Waals surface area contributed by atoms with E-state index in [0.29, 0.717) is 22.0 Å². The minimum Gasteiger partial charge on any atom is -0.618 e. The Kier molecular flexibility index (Phi) is 8.58. The van der Waals surface area contributed by atoms with E-state index in [1.54, 1.807) is 24.3 Å². The minimum atomic E-state index is -0.636. The van der Waals surface area contributed by atoms with Gasteiger partial charge in [-0.2, -0.15) is 4.73 Å². The van der Waals surface area contributed by atoms with Crippen molar-refractivity contribution in [3.63, 3.8) is 0 Å². The molecule has 0 unspecified atom stereocenters. The first-order chi connectivity index (χ1) is 19.0. The highest BCUT2D eigenvalue weighted by atomic mass is 32.2. The van der Waals surface area contributed by atoms with Crippen LogP contribution in [0.1, 0.15) is 46.4 Å². The van der Waals surface area contributed by atoms with Crippen molar-refractivity contribution in [2.24, 2.45) is 5.92 Å². The average Bonchev–Trinajstić information content (AvgIpc) is 2.98. The van der Waals surface area contributed by atoms with E-state index < -0.39 is 6.29 Å². The van der Waals surface area contributed by atoms with E-state index >= 15 is 0 Å². The van der Waals surface area contributed by atoms with Crippen LogP contribution in [0, 0.1) is 11.1 Å². The SMILES string of the molecule is C[C@H]1[C@@H](CSc2cccc[n+]2[O-])O[C@@H](c2ccc(NC(=O)c3ccccc3)cc2)O[C@H]1c1ccc(CO)cc1. The fourth-order valence-corrected chi connectivity index (χ4v) is 5.60. The molecule has 1 aliphatic rings. The molecule has 5 rings (SSSR count). The average molecular weight is 543 g/mol. The summed E-state index contributed by atoms with van der Waals surface area (Å²) in [5.74, 6) is 0.397. The summed E-state index contributed by atoms with van der Waals surface area (Å²) >= 11 is 1.45. The first kappa shape index (κ1) is 26.9. The van der Waals surface area contributed by atoms with E-state index in [9.17, 15) is 15.1 Å². The lowest BCUT2D eigenvalue weighted by molar-refractivity contribution is -0.645. The molecule has 39 heavy (non-hydrogen) atoms. The summed E-state index contributed by atoms with van der Waals surface area (Å²) < 4.78 is 13.8. The van der Waals surface area contributed by atoms with Crippen LogP contribution in [-0.4, -0.2) is 22.9 Å². The molecule has 2 heterocycles. The highest BCUT2D eigenvalue weighted by Crippen LogP contribution is 2.43. The van der Waals surface area contributed by atoms with E-state index in [0.717, 1.165) is 21.4 Å². The summed E-state index contributed by atoms with van der Waals surface area (Å²) in [6, 6.07) is 29.6. The van der Waals surface area contributed by atoms with Gasteiger partial charge in [0.1, 0.15) is 0 Å². The number of nitrogens with one attached hydrogen (secondary N) is 1. The fraction of sp³-hybridized carbons (Fsp3) is 0.226. The lowest BCUT2D eigenvalue weighted by Gasteiger charge is -2.41. The number of ether oxygens (including phenoxy) is 2. The third kappa shape index (κ3) is 6.49. The Hall–Kier alpha value is -3.69. The summed E-state index contributed by atoms with van der Waals surface area (Å²) in [6.07, 6.45) is 0.398. The Labute approximate surface area is 232 Å². The van der Waals surface area contributed by atoms with Gasteiger partial charge in [-0.3, -0.25) is 4.79 Å². The summed E-state index contributed by atoms with van der Waals surface area (Å²) in [5.41, 5.74) is 3.91. The second-order valence-corrected chi connectivity index (χ2v) is 10.5. The largest absolute Gasteiger partial charge is 0.618 e. The molecule has 4 atom stereocenters. The first-order valence-corrected chi connectivity index (χ1v) is 13.8. The fourth-order valence-electron chi connectivity index (χ4n) is 4.52. The van der Waals surface area contributed by atoms with Crippen LogP contribution in [0.5, 0.6) is 0 Å². The molecule has 0 radical (unpaired) electrons. The number of hydrogen-bond acceptors (Lipinski definition) is 6. The third-order valence-corrected chi connectivity index (χ3v) is 7.89. The molecule has 0 saturated carbocycles. The zero-order valence-electron chi connectivity index (χ0n) is 21.5. The van der Waals surface area contributed by atoms with Gasteiger partial charge in [-0.1, -0.05) is 73.3 Å². The quantitative estimate of drug-likeness (QED) is 0.170. The van der Waals surface area contributed by atoms with Crippen molar-refractivity contribution in [2.45, 2.75) is 37.1 Å². The molecule has 0 aliphatic carbocycles. The Morgan fingerprint density at radius 1 is 0.923 bits per heavy atom. The van der Waals surface area contributed by atoms with Gasteiger partial charge in [-0.15, -0.1) is 0 Å². The molecule has 200 valence electrons. The molecule has 7 nitrogen and oxygen atoms in total. The number of aromatic nitrogens is 1. The van der Waals surface area contributed by atoms with E-state index in [4.69, 9.17) is 9.47 Å². The number of rotatable bonds is 8. The normalized spacial score (nSPS) is 20.9. The van der Waals surface area contributed by atoms with Gasteiger partial charge in [0.25, 0.3) is 10.9 Å². The number of benzene rings is 3. The van der Waals surface area contributed by atoms with E-state index in [1.807, 2.05) is 72.8 Å². The second-order valence-electron chi connectivity index (χ2n) is 9.44. The van der Waals surface area contributed by atoms with E-state index in [1.165, 1.54) is 18.0 Å². The standard InChI is InChI=1S/C31H30N2O5S/c1-21-27(20-39-28-9-5-6-18-33(28)36)37-31(38-29(21)23-12-10-22(19-34)11-13-23)25-14-16-26(17-15-25)32-30(35)24-7-3-2-4-8-24/h2-18,21,27,29,31,34H,19-20H2,1H3,(H,32,35)/t21-,27+,29+,31+/m0/s1. The predicted octanol–water partition coefficient (Wildman–Crippen LogP) is 5.65. The van der Waals surface area contributed by atoms with Crippen molar-refractivity contribution in [2.75, 3.05) is 11.1 Å². The first-order valence-electron chi connectivity index (χ1n) is 12.8. The zero-order chi connectivity index (χ0) is 27.2. The molecule has 1 saturated heterocycles. The van der Waals surface area contributed by atoms with Crippen LogP contribution in [0.2, 0.25) is 0 Å². The number of aliphatic hydroxyl groups is 1. The van der Waals surface area contributed by atoms with Gasteiger partial charge in [0.05, 0.1) is 18.8 Å². The highest BCUT2D eigenvalue weighted by molar-refractivity contribution is 7.99. The number of carbonyl (C=O) groups is 1. The highest BCUT2D eigenvalue weighted by Gasteiger charge is 2.38. The molecule has 8 heteroatoms. The predicted molar refractivity (Wildman–Crippen MR) is 150 cm³/mol. The second kappa shape index (κ2) is 12.4. The van der Waals surface area contributed by atoms with E-state index in [2.05, 4.69) is 12.2 Å². The van der Waals surface area contributed by atoms with Gasteiger partial charge in [0.15, 0.2) is 12.5 Å². The molecule has 1 aromatic heterocycles. The lowest BCUT2D eigenvalue weighted by atomic mass is 9.91. The number of aliphatic hydroxyl groups excluding tert-OH is 1. The molecule has 0 bridgehead atoms. The molecular weight excluding hydrogens is 512 g/mol. The lowest BCUT2D eigenvalue weighted by Crippen LogP contribution is -2.39. The summed E-state index contributed by atoms with van der Waals surface area (Å²) in [4.78, 5) is 12.5. The number of pyridine rings is 1. The Balaban J connectivity index is 1.35. The van der Waals surface area contributed by atoms with Crippen LogP contribution in [-0.2, 0) is 16.1 Å². The van der Waals surface area contributed by atoms with Crippen LogP contribution in [0.4, 0.5) is 5.69 Å². The topological polar surface area (TPSA) is 94.7 Å². The Morgan fingerprint density at radius 2 is 1.62 bits per heavy atom. The van der Waals surface area contributed by atoms with Crippen molar-refractivity contribution >= 4 is 23.4 Å². The molecule has 1 fully saturated rings. The maximum Gasteiger partial charge on any atom is 0.255 e. The minimum absolute atomic E-state index is 0.00183. The van der Waals surface area contributed by atoms with Crippen molar-refractivity contribution in [3.8, 4) is 0 Å². The van der Waals surface area contributed by atoms with Crippen LogP contribution in [0.25, 0.3) is 0 Å². The number of hydrogen-bond donors (Lipinski definition) is 2. The number of amides is 1. The van der Waals surface area contributed by atoms with Crippen molar-refractivity contribution in [1.82, 2.24) is 0 Å². The van der Waals surface area contributed by atoms with Gasteiger partial charge >= 0.3 is 0 Å². The summed E-state index contributed by atoms with van der Waals surface area (Å²) in [5, 5.41) is 25.2. The molecule has 3 aromatic carbocycles. The number of thioether (sulfide) groups is 1. The molecule has 1 aliphatic heterocycles. The zero-order valence-corrected chi connectivity index (χ0v) is 22.3. The number of nitrogens with zero attached hydrogens (tertiary/aromatic N) is 1. The maximum atomic E-state index is 12.5.